The number of hydrogen-bond donors (Lipinski definition) is 1. The number of rotatable bonds is 4. The minimum absolute atomic E-state index is 0.124. The van der Waals surface area contributed by atoms with Gasteiger partial charge in [-0.1, -0.05) is 41.9 Å². The molecule has 1 aromatic carbocycles. The molecular weight excluding hydrogens is 314 g/mol. The quantitative estimate of drug-likeness (QED) is 0.873. The number of likely N-dealkylation sites (tertiary alicyclic amines) is 1. The molecule has 0 radical (unpaired) electrons. The Morgan fingerprint density at radius 3 is 2.74 bits per heavy atom. The number of aliphatic hydroxyl groups is 1. The summed E-state index contributed by atoms with van der Waals surface area (Å²) in [6.07, 6.45) is 2.78. The number of hydrogen-bond acceptors (Lipinski definition) is 3. The van der Waals surface area contributed by atoms with E-state index in [4.69, 9.17) is 11.6 Å². The molecule has 1 aliphatic rings. The van der Waals surface area contributed by atoms with Crippen molar-refractivity contribution in [2.75, 3.05) is 13.1 Å². The molecule has 1 saturated heterocycles. The standard InChI is InChI=1S/C17H18ClN3O2/c1-12-15(7-8-16(23)20-10-14(22)11-20)17(18)21(19-12)9-13-5-3-2-4-6-13/h2-8,14,22H,9-11H2,1H3/b8-7+. The van der Waals surface area contributed by atoms with E-state index in [1.807, 2.05) is 37.3 Å². The van der Waals surface area contributed by atoms with Crippen LogP contribution in [0.2, 0.25) is 5.15 Å². The Kier molecular flexibility index (Phi) is 4.50. The number of carbonyl (C=O) groups is 1. The Balaban J connectivity index is 1.74. The van der Waals surface area contributed by atoms with E-state index in [-0.39, 0.29) is 5.91 Å². The summed E-state index contributed by atoms with van der Waals surface area (Å²) in [6.45, 7) is 3.23. The van der Waals surface area contributed by atoms with Crippen LogP contribution in [-0.4, -0.2) is 44.9 Å². The average molecular weight is 332 g/mol. The highest BCUT2D eigenvalue weighted by Crippen LogP contribution is 2.22. The topological polar surface area (TPSA) is 58.4 Å². The summed E-state index contributed by atoms with van der Waals surface area (Å²) in [5.74, 6) is -0.124. The van der Waals surface area contributed by atoms with Gasteiger partial charge in [0.1, 0.15) is 5.15 Å². The summed E-state index contributed by atoms with van der Waals surface area (Å²) in [6, 6.07) is 9.94. The third-order valence-corrected chi connectivity index (χ3v) is 4.25. The van der Waals surface area contributed by atoms with Crippen molar-refractivity contribution >= 4 is 23.6 Å². The smallest absolute Gasteiger partial charge is 0.246 e. The van der Waals surface area contributed by atoms with Gasteiger partial charge in [-0.25, -0.2) is 4.68 Å². The van der Waals surface area contributed by atoms with Crippen LogP contribution in [0.4, 0.5) is 0 Å². The first-order chi connectivity index (χ1) is 11.0. The van der Waals surface area contributed by atoms with Crippen LogP contribution in [0.1, 0.15) is 16.8 Å². The molecule has 0 bridgehead atoms. The van der Waals surface area contributed by atoms with Crippen molar-refractivity contribution < 1.29 is 9.90 Å². The third-order valence-electron chi connectivity index (χ3n) is 3.85. The first kappa shape index (κ1) is 15.8. The number of halogens is 1. The molecule has 1 fully saturated rings. The number of carbonyl (C=O) groups excluding carboxylic acids is 1. The molecule has 6 heteroatoms. The Morgan fingerprint density at radius 1 is 1.39 bits per heavy atom. The molecule has 3 rings (SSSR count). The van der Waals surface area contributed by atoms with Gasteiger partial charge in [-0.3, -0.25) is 4.79 Å². The zero-order valence-electron chi connectivity index (χ0n) is 12.8. The fourth-order valence-electron chi connectivity index (χ4n) is 2.51. The van der Waals surface area contributed by atoms with Crippen molar-refractivity contribution in [3.8, 4) is 0 Å². The minimum atomic E-state index is -0.397. The Hall–Kier alpha value is -2.11. The maximum absolute atomic E-state index is 11.9. The summed E-state index contributed by atoms with van der Waals surface area (Å²) in [4.78, 5) is 13.5. The summed E-state index contributed by atoms with van der Waals surface area (Å²) in [7, 11) is 0. The average Bonchev–Trinajstić information content (AvgIpc) is 2.77. The summed E-state index contributed by atoms with van der Waals surface area (Å²) >= 11 is 6.40. The van der Waals surface area contributed by atoms with Crippen LogP contribution in [-0.2, 0) is 11.3 Å². The van der Waals surface area contributed by atoms with E-state index >= 15 is 0 Å². The van der Waals surface area contributed by atoms with Crippen molar-refractivity contribution in [3.63, 3.8) is 0 Å². The van der Waals surface area contributed by atoms with Crippen LogP contribution in [0, 0.1) is 6.92 Å². The van der Waals surface area contributed by atoms with Crippen LogP contribution in [0.25, 0.3) is 6.08 Å². The van der Waals surface area contributed by atoms with Crippen molar-refractivity contribution in [3.05, 3.63) is 58.4 Å². The summed E-state index contributed by atoms with van der Waals surface area (Å²) in [5.41, 5.74) is 2.63. The van der Waals surface area contributed by atoms with Gasteiger partial charge in [-0.15, -0.1) is 0 Å². The van der Waals surface area contributed by atoms with E-state index in [1.165, 1.54) is 6.08 Å². The van der Waals surface area contributed by atoms with Gasteiger partial charge in [-0.2, -0.15) is 5.10 Å². The van der Waals surface area contributed by atoms with Crippen molar-refractivity contribution in [1.29, 1.82) is 0 Å². The largest absolute Gasteiger partial charge is 0.389 e. The number of benzene rings is 1. The van der Waals surface area contributed by atoms with Gasteiger partial charge >= 0.3 is 0 Å². The second-order valence-corrected chi connectivity index (χ2v) is 6.02. The fourth-order valence-corrected chi connectivity index (χ4v) is 2.81. The van der Waals surface area contributed by atoms with Gasteiger partial charge in [0.2, 0.25) is 5.91 Å². The van der Waals surface area contributed by atoms with Crippen LogP contribution >= 0.6 is 11.6 Å². The predicted octanol–water partition coefficient (Wildman–Crippen LogP) is 2.11. The molecule has 1 aromatic heterocycles. The lowest BCUT2D eigenvalue weighted by Crippen LogP contribution is -2.52. The monoisotopic (exact) mass is 331 g/mol. The van der Waals surface area contributed by atoms with Gasteiger partial charge in [0.05, 0.1) is 18.3 Å². The molecule has 1 N–H and O–H groups in total. The lowest BCUT2D eigenvalue weighted by molar-refractivity contribution is -0.135. The van der Waals surface area contributed by atoms with E-state index in [2.05, 4.69) is 5.10 Å². The lowest BCUT2D eigenvalue weighted by atomic mass is 10.1. The van der Waals surface area contributed by atoms with Crippen molar-refractivity contribution in [2.45, 2.75) is 19.6 Å². The minimum Gasteiger partial charge on any atom is -0.389 e. The van der Waals surface area contributed by atoms with Gasteiger partial charge in [-0.05, 0) is 18.6 Å². The fraction of sp³-hybridized carbons (Fsp3) is 0.294. The molecule has 0 saturated carbocycles. The zero-order valence-corrected chi connectivity index (χ0v) is 13.6. The lowest BCUT2D eigenvalue weighted by Gasteiger charge is -2.34. The molecular formula is C17H18ClN3O2. The maximum Gasteiger partial charge on any atom is 0.246 e. The first-order valence-electron chi connectivity index (χ1n) is 7.46. The highest BCUT2D eigenvalue weighted by Gasteiger charge is 2.27. The first-order valence-corrected chi connectivity index (χ1v) is 7.84. The molecule has 0 aliphatic carbocycles. The molecule has 0 spiro atoms. The highest BCUT2D eigenvalue weighted by atomic mass is 35.5. The third kappa shape index (κ3) is 3.46. The second kappa shape index (κ2) is 6.56. The number of aromatic nitrogens is 2. The van der Waals surface area contributed by atoms with Gasteiger partial charge in [0.15, 0.2) is 0 Å². The van der Waals surface area contributed by atoms with Crippen LogP contribution in [0.5, 0.6) is 0 Å². The highest BCUT2D eigenvalue weighted by molar-refractivity contribution is 6.31. The number of aryl methyl sites for hydroxylation is 1. The molecule has 120 valence electrons. The second-order valence-electron chi connectivity index (χ2n) is 5.66. The van der Waals surface area contributed by atoms with E-state index < -0.39 is 6.10 Å². The van der Waals surface area contributed by atoms with Gasteiger partial charge in [0, 0.05) is 24.7 Å². The van der Waals surface area contributed by atoms with E-state index in [0.717, 1.165) is 16.8 Å². The van der Waals surface area contributed by atoms with Gasteiger partial charge < -0.3 is 10.0 Å². The van der Waals surface area contributed by atoms with Crippen LogP contribution in [0.15, 0.2) is 36.4 Å². The predicted molar refractivity (Wildman–Crippen MR) is 89.1 cm³/mol. The van der Waals surface area contributed by atoms with Gasteiger partial charge in [0.25, 0.3) is 0 Å². The van der Waals surface area contributed by atoms with E-state index in [9.17, 15) is 9.90 Å². The molecule has 2 aromatic rings. The van der Waals surface area contributed by atoms with E-state index in [1.54, 1.807) is 15.7 Å². The molecule has 5 nitrogen and oxygen atoms in total. The Morgan fingerprint density at radius 2 is 2.09 bits per heavy atom. The van der Waals surface area contributed by atoms with E-state index in [0.29, 0.717) is 24.8 Å². The molecule has 0 unspecified atom stereocenters. The normalized spacial score (nSPS) is 15.2. The molecule has 23 heavy (non-hydrogen) atoms. The van der Waals surface area contributed by atoms with Crippen molar-refractivity contribution in [1.82, 2.24) is 14.7 Å². The summed E-state index contributed by atoms with van der Waals surface area (Å²) < 4.78 is 1.73. The summed E-state index contributed by atoms with van der Waals surface area (Å²) in [5, 5.41) is 14.2. The Bertz CT molecular complexity index is 734. The zero-order chi connectivity index (χ0) is 16.4. The number of aliphatic hydroxyl groups excluding tert-OH is 1. The molecule has 0 atom stereocenters. The molecule has 2 heterocycles. The number of amides is 1. The SMILES string of the molecule is Cc1nn(Cc2ccccc2)c(Cl)c1/C=C/C(=O)N1CC(O)C1. The number of nitrogens with zero attached hydrogens (tertiary/aromatic N) is 3. The molecule has 1 aliphatic heterocycles. The molecule has 1 amide bonds. The Labute approximate surface area is 139 Å². The van der Waals surface area contributed by atoms with Crippen LogP contribution < -0.4 is 0 Å². The van der Waals surface area contributed by atoms with Crippen LogP contribution in [0.3, 0.4) is 0 Å². The van der Waals surface area contributed by atoms with Crippen molar-refractivity contribution in [2.24, 2.45) is 0 Å². The number of β-amino-alcohol motifs (C(OH)–C–C–N with tert-alkyl or cyclic N) is 1. The maximum atomic E-state index is 11.9.